The third-order valence-electron chi connectivity index (χ3n) is 6.95. The van der Waals surface area contributed by atoms with E-state index in [2.05, 4.69) is 27.1 Å². The first kappa shape index (κ1) is 23.5. The van der Waals surface area contributed by atoms with E-state index in [4.69, 9.17) is 10.8 Å². The van der Waals surface area contributed by atoms with Crippen molar-refractivity contribution < 1.29 is 14.3 Å². The van der Waals surface area contributed by atoms with Crippen LogP contribution in [0, 0.1) is 18.7 Å². The number of aromatic nitrogens is 5. The van der Waals surface area contributed by atoms with E-state index in [0.29, 0.717) is 40.2 Å². The number of aromatic hydroxyl groups is 1. The molecule has 0 saturated carbocycles. The summed E-state index contributed by atoms with van der Waals surface area (Å²) in [5.74, 6) is -0.688. The Morgan fingerprint density at radius 1 is 1.18 bits per heavy atom. The van der Waals surface area contributed by atoms with E-state index in [9.17, 15) is 14.3 Å². The van der Waals surface area contributed by atoms with E-state index in [-0.39, 0.29) is 24.2 Å². The lowest BCUT2D eigenvalue weighted by atomic mass is 9.83. The van der Waals surface area contributed by atoms with Crippen LogP contribution in [0.1, 0.15) is 18.9 Å². The maximum absolute atomic E-state index is 14.0. The zero-order valence-electron chi connectivity index (χ0n) is 20.8. The number of carbonyl (C=O) groups is 1. The lowest BCUT2D eigenvalue weighted by molar-refractivity contribution is -0.115. The molecule has 1 aliphatic carbocycles. The van der Waals surface area contributed by atoms with Gasteiger partial charge in [-0.2, -0.15) is 5.10 Å². The van der Waals surface area contributed by atoms with Crippen molar-refractivity contribution in [3.05, 3.63) is 89.3 Å². The normalized spacial score (nSPS) is 17.2. The molecule has 4 aromatic rings. The number of rotatable bonds is 4. The molecule has 3 N–H and O–H groups in total. The fraction of sp³-hybridized carbons (Fsp3) is 0.179. The molecule has 2 aliphatic rings. The van der Waals surface area contributed by atoms with Crippen LogP contribution in [0.5, 0.6) is 5.75 Å². The molecule has 9 nitrogen and oxygen atoms in total. The van der Waals surface area contributed by atoms with Crippen LogP contribution in [-0.2, 0) is 11.3 Å². The van der Waals surface area contributed by atoms with E-state index in [1.807, 2.05) is 32.1 Å². The maximum Gasteiger partial charge on any atom is 0.260 e. The zero-order valence-corrected chi connectivity index (χ0v) is 20.8. The predicted molar refractivity (Wildman–Crippen MR) is 141 cm³/mol. The standard InChI is InChI=1S/C28H24FN7O2/c1-15-5-3-7-17-11-19(36(28(38)22(15)17)26-16(2)6-4-10-31-26)13-35-27-23(25(30)32-14-33-27)24(34-35)18-8-9-20(29)21(37)12-18/h3-6,8-12,14,17,37H,7,13H2,1-2H3,(H2,30,32,33). The van der Waals surface area contributed by atoms with Crippen LogP contribution in [0.3, 0.4) is 0 Å². The average molecular weight is 510 g/mol. The Kier molecular flexibility index (Phi) is 5.52. The molecule has 0 saturated heterocycles. The van der Waals surface area contributed by atoms with Gasteiger partial charge in [-0.05, 0) is 55.7 Å². The lowest BCUT2D eigenvalue weighted by Crippen LogP contribution is -2.40. The summed E-state index contributed by atoms with van der Waals surface area (Å²) in [7, 11) is 0. The number of phenolic OH excluding ortho intramolecular Hbond substituents is 1. The number of anilines is 2. The van der Waals surface area contributed by atoms with E-state index in [0.717, 1.165) is 22.8 Å². The average Bonchev–Trinajstić information content (AvgIpc) is 3.26. The Hall–Kier alpha value is -4.86. The molecular formula is C28H24FN7O2. The van der Waals surface area contributed by atoms with Crippen LogP contribution in [0.15, 0.2) is 77.9 Å². The van der Waals surface area contributed by atoms with Crippen molar-refractivity contribution in [3.63, 3.8) is 0 Å². The van der Waals surface area contributed by atoms with Crippen LogP contribution < -0.4 is 10.6 Å². The minimum absolute atomic E-state index is 0.0715. The maximum atomic E-state index is 14.0. The second-order valence-electron chi connectivity index (χ2n) is 9.41. The van der Waals surface area contributed by atoms with Crippen LogP contribution >= 0.6 is 0 Å². The highest BCUT2D eigenvalue weighted by atomic mass is 19.1. The van der Waals surface area contributed by atoms with Gasteiger partial charge in [-0.15, -0.1) is 0 Å². The number of hydrogen-bond donors (Lipinski definition) is 2. The van der Waals surface area contributed by atoms with Crippen molar-refractivity contribution in [2.75, 3.05) is 10.6 Å². The fourth-order valence-electron chi connectivity index (χ4n) is 5.15. The Balaban J connectivity index is 1.52. The third kappa shape index (κ3) is 3.73. The summed E-state index contributed by atoms with van der Waals surface area (Å²) >= 11 is 0. The van der Waals surface area contributed by atoms with Crippen molar-refractivity contribution in [1.29, 1.82) is 0 Å². The lowest BCUT2D eigenvalue weighted by Gasteiger charge is -2.35. The van der Waals surface area contributed by atoms with Gasteiger partial charge in [0.1, 0.15) is 23.7 Å². The van der Waals surface area contributed by atoms with Crippen molar-refractivity contribution in [1.82, 2.24) is 24.7 Å². The van der Waals surface area contributed by atoms with Crippen LogP contribution in [0.4, 0.5) is 16.0 Å². The van der Waals surface area contributed by atoms with Gasteiger partial charge >= 0.3 is 0 Å². The SMILES string of the molecule is CC1=C2C(=O)N(c3ncccc3C)C(Cn3nc(-c4ccc(F)c(O)c4)c4c(N)ncnc43)=CC2CC=C1. The number of nitrogens with two attached hydrogens (primary N) is 1. The van der Waals surface area contributed by atoms with E-state index in [1.165, 1.54) is 18.5 Å². The number of carbonyl (C=O) groups excluding carboxylic acids is 1. The molecular weight excluding hydrogens is 485 g/mol. The first-order chi connectivity index (χ1) is 18.3. The summed E-state index contributed by atoms with van der Waals surface area (Å²) in [6.07, 6.45) is 9.86. The monoisotopic (exact) mass is 509 g/mol. The fourth-order valence-corrected chi connectivity index (χ4v) is 5.15. The number of hydrogen-bond acceptors (Lipinski definition) is 7. The van der Waals surface area contributed by atoms with Crippen molar-refractivity contribution in [2.45, 2.75) is 26.8 Å². The first-order valence-corrected chi connectivity index (χ1v) is 12.1. The summed E-state index contributed by atoms with van der Waals surface area (Å²) < 4.78 is 15.4. The second kappa shape index (κ2) is 8.91. The van der Waals surface area contributed by atoms with E-state index >= 15 is 0 Å². The summed E-state index contributed by atoms with van der Waals surface area (Å²) in [6, 6.07) is 7.70. The molecule has 6 rings (SSSR count). The van der Waals surface area contributed by atoms with E-state index in [1.54, 1.807) is 15.8 Å². The minimum Gasteiger partial charge on any atom is -0.505 e. The van der Waals surface area contributed by atoms with Crippen molar-refractivity contribution in [3.8, 4) is 17.0 Å². The molecule has 3 aromatic heterocycles. The van der Waals surface area contributed by atoms with Gasteiger partial charge in [0.15, 0.2) is 17.2 Å². The Morgan fingerprint density at radius 2 is 2.03 bits per heavy atom. The minimum atomic E-state index is -0.741. The van der Waals surface area contributed by atoms with Gasteiger partial charge in [0, 0.05) is 28.9 Å². The Morgan fingerprint density at radius 3 is 2.82 bits per heavy atom. The van der Waals surface area contributed by atoms with Crippen molar-refractivity contribution in [2.24, 2.45) is 5.92 Å². The molecule has 1 aliphatic heterocycles. The number of nitrogens with zero attached hydrogens (tertiary/aromatic N) is 6. The number of phenols is 1. The van der Waals surface area contributed by atoms with Gasteiger partial charge < -0.3 is 10.8 Å². The number of allylic oxidation sites excluding steroid dienone is 5. The van der Waals surface area contributed by atoms with Gasteiger partial charge in [0.05, 0.1) is 11.9 Å². The molecule has 4 heterocycles. The quantitative estimate of drug-likeness (QED) is 0.417. The number of pyridine rings is 1. The largest absolute Gasteiger partial charge is 0.505 e. The summed E-state index contributed by atoms with van der Waals surface area (Å²) in [5.41, 5.74) is 10.8. The number of amides is 1. The molecule has 10 heteroatoms. The highest BCUT2D eigenvalue weighted by molar-refractivity contribution is 6.10. The molecule has 0 fully saturated rings. The molecule has 1 amide bonds. The van der Waals surface area contributed by atoms with Gasteiger partial charge in [-0.3, -0.25) is 9.69 Å². The van der Waals surface area contributed by atoms with Crippen molar-refractivity contribution >= 4 is 28.6 Å². The highest BCUT2D eigenvalue weighted by Crippen LogP contribution is 2.38. The molecule has 190 valence electrons. The number of benzene rings is 1. The van der Waals surface area contributed by atoms with E-state index < -0.39 is 11.6 Å². The smallest absolute Gasteiger partial charge is 0.260 e. The number of nitrogen functional groups attached to an aromatic ring is 1. The van der Waals surface area contributed by atoms with Gasteiger partial charge in [-0.25, -0.2) is 24.0 Å². The topological polar surface area (TPSA) is 123 Å². The molecule has 38 heavy (non-hydrogen) atoms. The summed E-state index contributed by atoms with van der Waals surface area (Å²) in [4.78, 5) is 28.7. The zero-order chi connectivity index (χ0) is 26.6. The third-order valence-corrected chi connectivity index (χ3v) is 6.95. The molecule has 0 radical (unpaired) electrons. The molecule has 1 atom stereocenters. The first-order valence-electron chi connectivity index (χ1n) is 12.1. The Bertz CT molecular complexity index is 1720. The molecule has 1 unspecified atom stereocenters. The second-order valence-corrected chi connectivity index (χ2v) is 9.41. The number of aryl methyl sites for hydroxylation is 1. The summed E-state index contributed by atoms with van der Waals surface area (Å²) in [5, 5.41) is 15.2. The summed E-state index contributed by atoms with van der Waals surface area (Å²) in [6.45, 7) is 4.05. The van der Waals surface area contributed by atoms with Crippen LogP contribution in [0.2, 0.25) is 0 Å². The predicted octanol–water partition coefficient (Wildman–Crippen LogP) is 4.45. The Labute approximate surface area is 217 Å². The van der Waals surface area contributed by atoms with Gasteiger partial charge in [-0.1, -0.05) is 24.3 Å². The molecule has 1 aromatic carbocycles. The van der Waals surface area contributed by atoms with Crippen LogP contribution in [-0.4, -0.2) is 35.7 Å². The van der Waals surface area contributed by atoms with Crippen LogP contribution in [0.25, 0.3) is 22.3 Å². The number of halogens is 1. The van der Waals surface area contributed by atoms with Gasteiger partial charge in [0.2, 0.25) is 0 Å². The van der Waals surface area contributed by atoms with Gasteiger partial charge in [0.25, 0.3) is 5.91 Å². The molecule has 0 spiro atoms. The highest BCUT2D eigenvalue weighted by Gasteiger charge is 2.36. The number of fused-ring (bicyclic) bond motifs is 2. The molecule has 0 bridgehead atoms.